The van der Waals surface area contributed by atoms with Gasteiger partial charge in [-0.05, 0) is 30.9 Å². The summed E-state index contributed by atoms with van der Waals surface area (Å²) in [5.41, 5.74) is 2.56. The zero-order valence-corrected chi connectivity index (χ0v) is 13.4. The Morgan fingerprint density at radius 1 is 0.909 bits per heavy atom. The fourth-order valence-electron chi connectivity index (χ4n) is 2.62. The Labute approximate surface area is 133 Å². The van der Waals surface area contributed by atoms with Crippen molar-refractivity contribution >= 4 is 5.97 Å². The molecule has 0 aliphatic rings. The lowest BCUT2D eigenvalue weighted by atomic mass is 9.88. The fraction of sp³-hybridized carbons (Fsp3) is 0.350. The van der Waals surface area contributed by atoms with Crippen molar-refractivity contribution in [1.82, 2.24) is 0 Å². The first-order valence-electron chi connectivity index (χ1n) is 7.96. The standard InChI is InChI=1S/C20H24O2/c1-3-20(21)22-16(2)19(14-17-10-6-4-7-11-17)15-18-12-8-5-9-13-18/h4-13,16,19H,3,14-15H2,1-2H3. The molecule has 0 amide bonds. The molecule has 22 heavy (non-hydrogen) atoms. The van der Waals surface area contributed by atoms with Crippen molar-refractivity contribution in [3.63, 3.8) is 0 Å². The van der Waals surface area contributed by atoms with Gasteiger partial charge in [0.1, 0.15) is 6.10 Å². The number of carbonyl (C=O) groups excluding carboxylic acids is 1. The van der Waals surface area contributed by atoms with E-state index in [2.05, 4.69) is 48.5 Å². The van der Waals surface area contributed by atoms with Gasteiger partial charge >= 0.3 is 5.97 Å². The zero-order chi connectivity index (χ0) is 15.8. The van der Waals surface area contributed by atoms with Crippen LogP contribution < -0.4 is 0 Å². The summed E-state index contributed by atoms with van der Waals surface area (Å²) in [6.45, 7) is 3.84. The van der Waals surface area contributed by atoms with Gasteiger partial charge in [0.25, 0.3) is 0 Å². The predicted molar refractivity (Wildman–Crippen MR) is 89.6 cm³/mol. The molecule has 0 aliphatic heterocycles. The molecule has 2 rings (SSSR count). The van der Waals surface area contributed by atoms with Crippen molar-refractivity contribution in [1.29, 1.82) is 0 Å². The van der Waals surface area contributed by atoms with Gasteiger partial charge in [-0.15, -0.1) is 0 Å². The lowest BCUT2D eigenvalue weighted by Gasteiger charge is -2.24. The highest BCUT2D eigenvalue weighted by atomic mass is 16.5. The van der Waals surface area contributed by atoms with Gasteiger partial charge in [-0.1, -0.05) is 67.6 Å². The first-order chi connectivity index (χ1) is 10.7. The lowest BCUT2D eigenvalue weighted by Crippen LogP contribution is -2.27. The van der Waals surface area contributed by atoms with E-state index in [0.29, 0.717) is 6.42 Å². The second-order valence-electron chi connectivity index (χ2n) is 5.69. The Morgan fingerprint density at radius 3 is 1.77 bits per heavy atom. The molecule has 0 saturated carbocycles. The fourth-order valence-corrected chi connectivity index (χ4v) is 2.62. The average molecular weight is 296 g/mol. The first-order valence-corrected chi connectivity index (χ1v) is 7.96. The highest BCUT2D eigenvalue weighted by Crippen LogP contribution is 2.20. The molecule has 0 radical (unpaired) electrons. The maximum atomic E-state index is 11.6. The van der Waals surface area contributed by atoms with E-state index in [1.54, 1.807) is 0 Å². The maximum absolute atomic E-state index is 11.6. The number of hydrogen-bond acceptors (Lipinski definition) is 2. The van der Waals surface area contributed by atoms with Crippen molar-refractivity contribution in [2.75, 3.05) is 0 Å². The number of carbonyl (C=O) groups is 1. The van der Waals surface area contributed by atoms with E-state index >= 15 is 0 Å². The SMILES string of the molecule is CCC(=O)OC(C)C(Cc1ccccc1)Cc1ccccc1. The Morgan fingerprint density at radius 2 is 1.36 bits per heavy atom. The van der Waals surface area contributed by atoms with Crippen LogP contribution in [0.5, 0.6) is 0 Å². The maximum Gasteiger partial charge on any atom is 0.305 e. The molecule has 2 aromatic rings. The van der Waals surface area contributed by atoms with Gasteiger partial charge in [0.05, 0.1) is 0 Å². The minimum atomic E-state index is -0.126. The lowest BCUT2D eigenvalue weighted by molar-refractivity contribution is -0.150. The third kappa shape index (κ3) is 5.03. The van der Waals surface area contributed by atoms with Crippen molar-refractivity contribution in [3.05, 3.63) is 71.8 Å². The van der Waals surface area contributed by atoms with E-state index in [9.17, 15) is 4.79 Å². The molecule has 116 valence electrons. The van der Waals surface area contributed by atoms with Gasteiger partial charge in [0.15, 0.2) is 0 Å². The minimum Gasteiger partial charge on any atom is -0.462 e. The van der Waals surface area contributed by atoms with Crippen LogP contribution in [0.2, 0.25) is 0 Å². The molecular weight excluding hydrogens is 272 g/mol. The molecule has 2 nitrogen and oxygen atoms in total. The van der Waals surface area contributed by atoms with Gasteiger partial charge in [-0.3, -0.25) is 4.79 Å². The van der Waals surface area contributed by atoms with Gasteiger partial charge in [-0.25, -0.2) is 0 Å². The molecular formula is C20H24O2. The van der Waals surface area contributed by atoms with Gasteiger partial charge < -0.3 is 4.74 Å². The molecule has 0 spiro atoms. The van der Waals surface area contributed by atoms with Crippen molar-refractivity contribution in [2.24, 2.45) is 5.92 Å². The molecule has 0 fully saturated rings. The summed E-state index contributed by atoms with van der Waals surface area (Å²) >= 11 is 0. The summed E-state index contributed by atoms with van der Waals surface area (Å²) in [5, 5.41) is 0. The predicted octanol–water partition coefficient (Wildman–Crippen LogP) is 4.43. The van der Waals surface area contributed by atoms with Gasteiger partial charge in [0, 0.05) is 12.3 Å². The molecule has 0 aromatic heterocycles. The molecule has 1 atom stereocenters. The van der Waals surface area contributed by atoms with E-state index in [4.69, 9.17) is 4.74 Å². The highest BCUT2D eigenvalue weighted by Gasteiger charge is 2.21. The van der Waals surface area contributed by atoms with Crippen LogP contribution in [0.25, 0.3) is 0 Å². The Bertz CT molecular complexity index is 521. The van der Waals surface area contributed by atoms with Crippen LogP contribution >= 0.6 is 0 Å². The van der Waals surface area contributed by atoms with Crippen molar-refractivity contribution in [2.45, 2.75) is 39.2 Å². The third-order valence-corrected chi connectivity index (χ3v) is 3.95. The van der Waals surface area contributed by atoms with Gasteiger partial charge in [-0.2, -0.15) is 0 Å². The zero-order valence-electron chi connectivity index (χ0n) is 13.4. The van der Waals surface area contributed by atoms with E-state index in [1.165, 1.54) is 11.1 Å². The van der Waals surface area contributed by atoms with E-state index < -0.39 is 0 Å². The van der Waals surface area contributed by atoms with Crippen LogP contribution in [-0.2, 0) is 22.4 Å². The number of esters is 1. The monoisotopic (exact) mass is 296 g/mol. The van der Waals surface area contributed by atoms with E-state index in [0.717, 1.165) is 12.8 Å². The molecule has 0 heterocycles. The van der Waals surface area contributed by atoms with Crippen LogP contribution in [-0.4, -0.2) is 12.1 Å². The summed E-state index contributed by atoms with van der Waals surface area (Å²) < 4.78 is 5.57. The van der Waals surface area contributed by atoms with Crippen molar-refractivity contribution in [3.8, 4) is 0 Å². The van der Waals surface area contributed by atoms with Crippen LogP contribution in [0.1, 0.15) is 31.4 Å². The number of benzene rings is 2. The molecule has 2 aromatic carbocycles. The first kappa shape index (κ1) is 16.3. The molecule has 0 saturated heterocycles. The second kappa shape index (κ2) is 8.38. The average Bonchev–Trinajstić information content (AvgIpc) is 2.56. The summed E-state index contributed by atoms with van der Waals surface area (Å²) in [7, 11) is 0. The number of hydrogen-bond donors (Lipinski definition) is 0. The summed E-state index contributed by atoms with van der Waals surface area (Å²) in [4.78, 5) is 11.6. The van der Waals surface area contributed by atoms with Crippen LogP contribution in [0.3, 0.4) is 0 Å². The quantitative estimate of drug-likeness (QED) is 0.707. The van der Waals surface area contributed by atoms with Crippen molar-refractivity contribution < 1.29 is 9.53 Å². The topological polar surface area (TPSA) is 26.3 Å². The van der Waals surface area contributed by atoms with E-state index in [1.807, 2.05) is 26.0 Å². The highest BCUT2D eigenvalue weighted by molar-refractivity contribution is 5.69. The van der Waals surface area contributed by atoms with E-state index in [-0.39, 0.29) is 18.0 Å². The summed E-state index contributed by atoms with van der Waals surface area (Å²) in [5.74, 6) is 0.152. The molecule has 0 aliphatic carbocycles. The summed E-state index contributed by atoms with van der Waals surface area (Å²) in [6.07, 6.45) is 2.16. The minimum absolute atomic E-state index is 0.0899. The second-order valence-corrected chi connectivity index (χ2v) is 5.69. The van der Waals surface area contributed by atoms with Crippen LogP contribution in [0.15, 0.2) is 60.7 Å². The molecule has 0 N–H and O–H groups in total. The smallest absolute Gasteiger partial charge is 0.305 e. The summed E-state index contributed by atoms with van der Waals surface area (Å²) in [6, 6.07) is 20.8. The Hall–Kier alpha value is -2.09. The Balaban J connectivity index is 2.10. The Kier molecular flexibility index (Phi) is 6.20. The molecule has 0 bridgehead atoms. The number of rotatable bonds is 7. The molecule has 1 unspecified atom stereocenters. The largest absolute Gasteiger partial charge is 0.462 e. The number of ether oxygens (including phenoxy) is 1. The normalized spacial score (nSPS) is 12.1. The van der Waals surface area contributed by atoms with Crippen LogP contribution in [0.4, 0.5) is 0 Å². The third-order valence-electron chi connectivity index (χ3n) is 3.95. The molecule has 2 heteroatoms. The van der Waals surface area contributed by atoms with Crippen LogP contribution in [0, 0.1) is 5.92 Å². The van der Waals surface area contributed by atoms with Gasteiger partial charge in [0.2, 0.25) is 0 Å².